The topological polar surface area (TPSA) is 65.2 Å². The molecule has 0 bridgehead atoms. The molecular weight excluding hydrogens is 388 g/mol. The second-order valence-electron chi connectivity index (χ2n) is 4.15. The van der Waals surface area contributed by atoms with Crippen LogP contribution in [0.25, 0.3) is 0 Å². The summed E-state index contributed by atoms with van der Waals surface area (Å²) in [6, 6.07) is 10.3. The lowest BCUT2D eigenvalue weighted by atomic mass is 10.2. The van der Waals surface area contributed by atoms with E-state index in [1.807, 2.05) is 0 Å². The maximum absolute atomic E-state index is 9.66. The van der Waals surface area contributed by atoms with Gasteiger partial charge in [-0.3, -0.25) is 0 Å². The summed E-state index contributed by atoms with van der Waals surface area (Å²) in [6.45, 7) is 0.583. The summed E-state index contributed by atoms with van der Waals surface area (Å²) < 4.78 is 1.76. The zero-order valence-electron chi connectivity index (χ0n) is 10.4. The van der Waals surface area contributed by atoms with Gasteiger partial charge in [0.2, 0.25) is 0 Å². The van der Waals surface area contributed by atoms with E-state index in [0.29, 0.717) is 24.2 Å². The number of hydrogen-bond acceptors (Lipinski definition) is 4. The number of rotatable bonds is 4. The molecule has 0 radical (unpaired) electrons. The van der Waals surface area contributed by atoms with E-state index in [0.717, 1.165) is 8.95 Å². The minimum atomic E-state index is 0.192. The van der Waals surface area contributed by atoms with Gasteiger partial charge >= 0.3 is 0 Å². The first-order valence-electron chi connectivity index (χ1n) is 5.84. The average Bonchev–Trinajstić information content (AvgIpc) is 2.42. The Labute approximate surface area is 133 Å². The highest BCUT2D eigenvalue weighted by Gasteiger charge is 2.02. The zero-order chi connectivity index (χ0) is 14.5. The number of phenolic OH excluding ortho intramolecular Hbond substituents is 2. The predicted molar refractivity (Wildman–Crippen MR) is 83.9 cm³/mol. The number of azo groups is 1. The highest BCUT2D eigenvalue weighted by molar-refractivity contribution is 9.10. The molecule has 0 aliphatic heterocycles. The first kappa shape index (κ1) is 15.0. The van der Waals surface area contributed by atoms with Crippen LogP contribution < -0.4 is 0 Å². The number of nitrogens with zero attached hydrogens (tertiary/aromatic N) is 2. The third-order valence-electron chi connectivity index (χ3n) is 2.67. The molecule has 104 valence electrons. The fourth-order valence-electron chi connectivity index (χ4n) is 1.61. The molecule has 20 heavy (non-hydrogen) atoms. The Morgan fingerprint density at radius 2 is 1.15 bits per heavy atom. The Bertz CT molecular complexity index is 590. The Morgan fingerprint density at radius 3 is 1.55 bits per heavy atom. The van der Waals surface area contributed by atoms with E-state index in [4.69, 9.17) is 0 Å². The number of halogens is 2. The molecule has 0 unspecified atom stereocenters. The van der Waals surface area contributed by atoms with Gasteiger partial charge < -0.3 is 10.2 Å². The summed E-state index contributed by atoms with van der Waals surface area (Å²) in [5, 5.41) is 27.4. The van der Waals surface area contributed by atoms with Gasteiger partial charge in [-0.15, -0.1) is 0 Å². The van der Waals surface area contributed by atoms with Gasteiger partial charge in [0.1, 0.15) is 11.5 Å². The van der Waals surface area contributed by atoms with Crippen LogP contribution in [0.5, 0.6) is 11.5 Å². The molecule has 0 saturated carbocycles. The van der Waals surface area contributed by atoms with Gasteiger partial charge in [-0.1, -0.05) is 31.9 Å². The molecule has 2 aromatic carbocycles. The highest BCUT2D eigenvalue weighted by Crippen LogP contribution is 2.24. The van der Waals surface area contributed by atoms with Crippen LogP contribution in [0.1, 0.15) is 11.1 Å². The van der Waals surface area contributed by atoms with E-state index in [1.165, 1.54) is 0 Å². The summed E-state index contributed by atoms with van der Waals surface area (Å²) in [5.41, 5.74) is 1.39. The van der Waals surface area contributed by atoms with E-state index in [-0.39, 0.29) is 11.5 Å². The number of phenols is 2. The van der Waals surface area contributed by atoms with Crippen LogP contribution in [0.4, 0.5) is 0 Å². The summed E-state index contributed by atoms with van der Waals surface area (Å²) in [4.78, 5) is 0. The van der Waals surface area contributed by atoms with Crippen LogP contribution in [0.2, 0.25) is 0 Å². The van der Waals surface area contributed by atoms with E-state index < -0.39 is 0 Å². The van der Waals surface area contributed by atoms with Crippen molar-refractivity contribution in [1.29, 1.82) is 0 Å². The van der Waals surface area contributed by atoms with Crippen molar-refractivity contribution in [2.75, 3.05) is 0 Å². The average molecular weight is 400 g/mol. The van der Waals surface area contributed by atoms with Crippen LogP contribution in [0.3, 0.4) is 0 Å². The van der Waals surface area contributed by atoms with Crippen molar-refractivity contribution in [3.05, 3.63) is 56.5 Å². The quantitative estimate of drug-likeness (QED) is 0.726. The van der Waals surface area contributed by atoms with Crippen LogP contribution >= 0.6 is 31.9 Å². The largest absolute Gasteiger partial charge is 0.508 e. The van der Waals surface area contributed by atoms with Crippen molar-refractivity contribution < 1.29 is 10.2 Å². The lowest BCUT2D eigenvalue weighted by Gasteiger charge is -2.02. The van der Waals surface area contributed by atoms with Crippen molar-refractivity contribution in [2.24, 2.45) is 10.2 Å². The smallest absolute Gasteiger partial charge is 0.120 e. The standard InChI is InChI=1S/C14H12Br2N2O2/c15-11-1-3-13(19)9(5-11)7-17-18-8-10-6-12(16)2-4-14(10)20/h1-6,19-20H,7-8H2. The summed E-state index contributed by atoms with van der Waals surface area (Å²) in [7, 11) is 0. The Kier molecular flexibility index (Phi) is 5.14. The van der Waals surface area contributed by atoms with Gasteiger partial charge in [0.25, 0.3) is 0 Å². The van der Waals surface area contributed by atoms with Crippen LogP contribution in [-0.4, -0.2) is 10.2 Å². The molecule has 6 heteroatoms. The van der Waals surface area contributed by atoms with E-state index in [9.17, 15) is 10.2 Å². The first-order valence-corrected chi connectivity index (χ1v) is 7.43. The minimum absolute atomic E-state index is 0.192. The molecule has 2 rings (SSSR count). The summed E-state index contributed by atoms with van der Waals surface area (Å²) in [5.74, 6) is 0.384. The number of hydrogen-bond donors (Lipinski definition) is 2. The van der Waals surface area contributed by atoms with Crippen LogP contribution in [0.15, 0.2) is 55.6 Å². The molecule has 0 aromatic heterocycles. The van der Waals surface area contributed by atoms with Crippen LogP contribution in [-0.2, 0) is 13.1 Å². The van der Waals surface area contributed by atoms with Gasteiger partial charge in [-0.05, 0) is 36.4 Å². The molecule has 0 aliphatic rings. The molecule has 0 amide bonds. The van der Waals surface area contributed by atoms with Crippen LogP contribution in [0, 0.1) is 0 Å². The van der Waals surface area contributed by atoms with Crippen molar-refractivity contribution >= 4 is 31.9 Å². The molecule has 0 aliphatic carbocycles. The maximum atomic E-state index is 9.66. The monoisotopic (exact) mass is 398 g/mol. The SMILES string of the molecule is Oc1ccc(Br)cc1CN=NCc1cc(Br)ccc1O. The van der Waals surface area contributed by atoms with E-state index >= 15 is 0 Å². The van der Waals surface area contributed by atoms with Gasteiger partial charge in [-0.25, -0.2) is 0 Å². The molecule has 4 nitrogen and oxygen atoms in total. The van der Waals surface area contributed by atoms with Gasteiger partial charge in [0.05, 0.1) is 13.1 Å². The van der Waals surface area contributed by atoms with Gasteiger partial charge in [0.15, 0.2) is 0 Å². The molecule has 2 N–H and O–H groups in total. The highest BCUT2D eigenvalue weighted by atomic mass is 79.9. The lowest BCUT2D eigenvalue weighted by molar-refractivity contribution is 0.465. The Hall–Kier alpha value is -1.40. The van der Waals surface area contributed by atoms with Gasteiger partial charge in [0, 0.05) is 20.1 Å². The minimum Gasteiger partial charge on any atom is -0.508 e. The fourth-order valence-corrected chi connectivity index (χ4v) is 2.43. The molecule has 0 fully saturated rings. The Morgan fingerprint density at radius 1 is 0.750 bits per heavy atom. The molecule has 0 saturated heterocycles. The second-order valence-corrected chi connectivity index (χ2v) is 5.98. The van der Waals surface area contributed by atoms with Crippen molar-refractivity contribution in [3.63, 3.8) is 0 Å². The Balaban J connectivity index is 2.00. The first-order chi connectivity index (χ1) is 9.56. The third-order valence-corrected chi connectivity index (χ3v) is 3.65. The normalized spacial score (nSPS) is 11.1. The van der Waals surface area contributed by atoms with Gasteiger partial charge in [-0.2, -0.15) is 10.2 Å². The summed E-state index contributed by atoms with van der Waals surface area (Å²) >= 11 is 6.68. The number of benzene rings is 2. The predicted octanol–water partition coefficient (Wildman–Crippen LogP) is 4.78. The molecule has 0 heterocycles. The van der Waals surface area contributed by atoms with E-state index in [2.05, 4.69) is 42.1 Å². The molecule has 0 spiro atoms. The van der Waals surface area contributed by atoms with Crippen molar-refractivity contribution in [1.82, 2.24) is 0 Å². The van der Waals surface area contributed by atoms with E-state index in [1.54, 1.807) is 36.4 Å². The molecular formula is C14H12Br2N2O2. The fraction of sp³-hybridized carbons (Fsp3) is 0.143. The number of aromatic hydroxyl groups is 2. The zero-order valence-corrected chi connectivity index (χ0v) is 13.6. The molecule has 0 atom stereocenters. The van der Waals surface area contributed by atoms with Crippen molar-refractivity contribution in [2.45, 2.75) is 13.1 Å². The maximum Gasteiger partial charge on any atom is 0.120 e. The second kappa shape index (κ2) is 6.85. The third kappa shape index (κ3) is 4.05. The van der Waals surface area contributed by atoms with Crippen molar-refractivity contribution in [3.8, 4) is 11.5 Å². The molecule has 2 aromatic rings. The summed E-state index contributed by atoms with van der Waals surface area (Å²) in [6.07, 6.45) is 0. The lowest BCUT2D eigenvalue weighted by Crippen LogP contribution is -1.85.